The average Bonchev–Trinajstić information content (AvgIpc) is 3.07. The SMILES string of the molecule is Cc1ccc(C(=O)NC2CCCCC2)cc1-n1nnc2cccnc21. The van der Waals surface area contributed by atoms with Crippen molar-refractivity contribution in [3.8, 4) is 5.69 Å². The largest absolute Gasteiger partial charge is 0.349 e. The van der Waals surface area contributed by atoms with E-state index in [0.717, 1.165) is 29.6 Å². The van der Waals surface area contributed by atoms with E-state index in [0.29, 0.717) is 17.3 Å². The second-order valence-electron chi connectivity index (χ2n) is 6.66. The summed E-state index contributed by atoms with van der Waals surface area (Å²) in [5, 5.41) is 11.5. The molecule has 0 radical (unpaired) electrons. The van der Waals surface area contributed by atoms with Crippen LogP contribution in [0.1, 0.15) is 48.0 Å². The van der Waals surface area contributed by atoms with Crippen LogP contribution >= 0.6 is 0 Å². The van der Waals surface area contributed by atoms with E-state index in [9.17, 15) is 4.79 Å². The van der Waals surface area contributed by atoms with Gasteiger partial charge in [0.25, 0.3) is 5.91 Å². The van der Waals surface area contributed by atoms with Gasteiger partial charge in [-0.1, -0.05) is 30.5 Å². The van der Waals surface area contributed by atoms with Gasteiger partial charge in [-0.25, -0.2) is 4.98 Å². The number of nitrogens with zero attached hydrogens (tertiary/aromatic N) is 4. The first-order valence-electron chi connectivity index (χ1n) is 8.81. The summed E-state index contributed by atoms with van der Waals surface area (Å²) in [5.41, 5.74) is 3.92. The molecule has 0 unspecified atom stereocenters. The Balaban J connectivity index is 1.65. The van der Waals surface area contributed by atoms with Crippen LogP contribution in [-0.4, -0.2) is 31.9 Å². The van der Waals surface area contributed by atoms with Gasteiger partial charge in [-0.3, -0.25) is 4.79 Å². The van der Waals surface area contributed by atoms with Crippen LogP contribution in [0.25, 0.3) is 16.9 Å². The molecule has 128 valence electrons. The lowest BCUT2D eigenvalue weighted by molar-refractivity contribution is 0.0927. The number of carbonyl (C=O) groups is 1. The zero-order chi connectivity index (χ0) is 17.2. The van der Waals surface area contributed by atoms with E-state index in [4.69, 9.17) is 0 Å². The molecule has 1 amide bonds. The number of aromatic nitrogens is 4. The minimum Gasteiger partial charge on any atom is -0.349 e. The molecule has 0 spiro atoms. The van der Waals surface area contributed by atoms with Crippen molar-refractivity contribution in [3.05, 3.63) is 47.7 Å². The number of fused-ring (bicyclic) bond motifs is 1. The third-order valence-electron chi connectivity index (χ3n) is 4.85. The molecule has 25 heavy (non-hydrogen) atoms. The number of rotatable bonds is 3. The highest BCUT2D eigenvalue weighted by Gasteiger charge is 2.18. The lowest BCUT2D eigenvalue weighted by Crippen LogP contribution is -2.36. The fourth-order valence-electron chi connectivity index (χ4n) is 3.42. The van der Waals surface area contributed by atoms with Crippen LogP contribution < -0.4 is 5.32 Å². The van der Waals surface area contributed by atoms with Crippen molar-refractivity contribution in [3.63, 3.8) is 0 Å². The summed E-state index contributed by atoms with van der Waals surface area (Å²) >= 11 is 0. The van der Waals surface area contributed by atoms with Gasteiger partial charge < -0.3 is 5.32 Å². The summed E-state index contributed by atoms with van der Waals surface area (Å²) in [6.45, 7) is 1.99. The summed E-state index contributed by atoms with van der Waals surface area (Å²) in [4.78, 5) is 17.0. The van der Waals surface area contributed by atoms with Gasteiger partial charge in [0.1, 0.15) is 5.52 Å². The molecule has 1 aliphatic rings. The van der Waals surface area contributed by atoms with Crippen molar-refractivity contribution >= 4 is 17.1 Å². The molecule has 4 rings (SSSR count). The molecular formula is C19H21N5O. The van der Waals surface area contributed by atoms with Gasteiger partial charge >= 0.3 is 0 Å². The standard InChI is InChI=1S/C19H21N5O/c1-13-9-10-14(19(25)21-15-6-3-2-4-7-15)12-17(13)24-18-16(22-23-24)8-5-11-20-18/h5,8-12,15H,2-4,6-7H2,1H3,(H,21,25). The number of nitrogens with one attached hydrogen (secondary N) is 1. The van der Waals surface area contributed by atoms with Crippen LogP contribution in [-0.2, 0) is 0 Å². The summed E-state index contributed by atoms with van der Waals surface area (Å²) < 4.78 is 1.70. The molecule has 1 saturated carbocycles. The molecule has 0 bridgehead atoms. The maximum absolute atomic E-state index is 12.6. The number of amides is 1. The molecule has 0 saturated heterocycles. The lowest BCUT2D eigenvalue weighted by Gasteiger charge is -2.23. The molecule has 1 aromatic carbocycles. The second kappa shape index (κ2) is 6.63. The van der Waals surface area contributed by atoms with Crippen molar-refractivity contribution in [2.75, 3.05) is 0 Å². The van der Waals surface area contributed by atoms with Crippen LogP contribution in [0, 0.1) is 6.92 Å². The number of hydrogen-bond donors (Lipinski definition) is 1. The maximum Gasteiger partial charge on any atom is 0.251 e. The Morgan fingerprint density at radius 1 is 1.20 bits per heavy atom. The minimum atomic E-state index is -0.0227. The molecule has 2 aromatic heterocycles. The monoisotopic (exact) mass is 335 g/mol. The van der Waals surface area contributed by atoms with Gasteiger partial charge in [-0.15, -0.1) is 5.10 Å². The molecule has 0 atom stereocenters. The molecule has 1 aliphatic carbocycles. The number of hydrogen-bond acceptors (Lipinski definition) is 4. The van der Waals surface area contributed by atoms with Gasteiger partial charge in [0, 0.05) is 17.8 Å². The maximum atomic E-state index is 12.6. The fourth-order valence-corrected chi connectivity index (χ4v) is 3.42. The summed E-state index contributed by atoms with van der Waals surface area (Å²) in [7, 11) is 0. The van der Waals surface area contributed by atoms with E-state index >= 15 is 0 Å². The summed E-state index contributed by atoms with van der Waals surface area (Å²) in [6, 6.07) is 9.68. The summed E-state index contributed by atoms with van der Waals surface area (Å²) in [6.07, 6.45) is 7.52. The zero-order valence-electron chi connectivity index (χ0n) is 14.3. The van der Waals surface area contributed by atoms with E-state index in [1.165, 1.54) is 19.3 Å². The molecule has 3 aromatic rings. The molecule has 6 nitrogen and oxygen atoms in total. The third-order valence-corrected chi connectivity index (χ3v) is 4.85. The van der Waals surface area contributed by atoms with Gasteiger partial charge in [0.05, 0.1) is 5.69 Å². The highest BCUT2D eigenvalue weighted by Crippen LogP contribution is 2.21. The van der Waals surface area contributed by atoms with Gasteiger partial charge in [-0.2, -0.15) is 4.68 Å². The smallest absolute Gasteiger partial charge is 0.251 e. The Morgan fingerprint density at radius 3 is 2.88 bits per heavy atom. The van der Waals surface area contributed by atoms with Gasteiger partial charge in [0.2, 0.25) is 0 Å². The normalized spacial score (nSPS) is 15.4. The predicted molar refractivity (Wildman–Crippen MR) is 95.7 cm³/mol. The van der Waals surface area contributed by atoms with E-state index in [2.05, 4.69) is 20.6 Å². The molecule has 6 heteroatoms. The Bertz CT molecular complexity index is 911. The van der Waals surface area contributed by atoms with Crippen LogP contribution in [0.2, 0.25) is 0 Å². The first-order valence-corrected chi connectivity index (χ1v) is 8.81. The Hall–Kier alpha value is -2.76. The van der Waals surface area contributed by atoms with Crippen LogP contribution in [0.15, 0.2) is 36.5 Å². The lowest BCUT2D eigenvalue weighted by atomic mass is 9.95. The molecule has 1 N–H and O–H groups in total. The Kier molecular flexibility index (Phi) is 4.17. The van der Waals surface area contributed by atoms with Crippen molar-refractivity contribution < 1.29 is 4.79 Å². The Morgan fingerprint density at radius 2 is 2.04 bits per heavy atom. The van der Waals surface area contributed by atoms with Crippen molar-refractivity contribution in [1.29, 1.82) is 0 Å². The number of pyridine rings is 1. The number of carbonyl (C=O) groups excluding carboxylic acids is 1. The molecule has 1 fully saturated rings. The predicted octanol–water partition coefficient (Wildman–Crippen LogP) is 3.19. The van der Waals surface area contributed by atoms with Crippen molar-refractivity contribution in [2.24, 2.45) is 0 Å². The van der Waals surface area contributed by atoms with Crippen LogP contribution in [0.5, 0.6) is 0 Å². The molecular weight excluding hydrogens is 314 g/mol. The quantitative estimate of drug-likeness (QED) is 0.798. The second-order valence-corrected chi connectivity index (χ2v) is 6.66. The fraction of sp³-hybridized carbons (Fsp3) is 0.368. The zero-order valence-corrected chi connectivity index (χ0v) is 14.3. The van der Waals surface area contributed by atoms with Gasteiger partial charge in [0.15, 0.2) is 5.65 Å². The van der Waals surface area contributed by atoms with E-state index in [1.807, 2.05) is 37.3 Å². The molecule has 2 heterocycles. The first kappa shape index (κ1) is 15.7. The highest BCUT2D eigenvalue weighted by atomic mass is 16.1. The molecule has 0 aliphatic heterocycles. The van der Waals surface area contributed by atoms with Gasteiger partial charge in [-0.05, 0) is 49.6 Å². The van der Waals surface area contributed by atoms with E-state index in [1.54, 1.807) is 10.9 Å². The Labute approximate surface area is 146 Å². The first-order chi connectivity index (χ1) is 12.2. The van der Waals surface area contributed by atoms with Crippen LogP contribution in [0.4, 0.5) is 0 Å². The van der Waals surface area contributed by atoms with Crippen molar-refractivity contribution in [2.45, 2.75) is 45.1 Å². The third kappa shape index (κ3) is 3.12. The van der Waals surface area contributed by atoms with Crippen molar-refractivity contribution in [1.82, 2.24) is 25.3 Å². The summed E-state index contributed by atoms with van der Waals surface area (Å²) in [5.74, 6) is -0.0227. The minimum absolute atomic E-state index is 0.0227. The van der Waals surface area contributed by atoms with E-state index in [-0.39, 0.29) is 5.91 Å². The number of aryl methyl sites for hydroxylation is 1. The number of benzene rings is 1. The average molecular weight is 335 g/mol. The highest BCUT2D eigenvalue weighted by molar-refractivity contribution is 5.95. The topological polar surface area (TPSA) is 72.7 Å². The van der Waals surface area contributed by atoms with Crippen LogP contribution in [0.3, 0.4) is 0 Å². The van der Waals surface area contributed by atoms with E-state index < -0.39 is 0 Å².